The Morgan fingerprint density at radius 2 is 1.85 bits per heavy atom. The van der Waals surface area contributed by atoms with E-state index in [9.17, 15) is 9.59 Å². The van der Waals surface area contributed by atoms with Gasteiger partial charge in [-0.2, -0.15) is 0 Å². The topological polar surface area (TPSA) is 52.6 Å². The van der Waals surface area contributed by atoms with Gasteiger partial charge in [0.25, 0.3) is 0 Å². The van der Waals surface area contributed by atoms with E-state index in [-0.39, 0.29) is 10.8 Å². The predicted molar refractivity (Wildman–Crippen MR) is 74.8 cm³/mol. The second-order valence-electron chi connectivity index (χ2n) is 3.93. The summed E-state index contributed by atoms with van der Waals surface area (Å²) in [6.45, 7) is 0. The van der Waals surface area contributed by atoms with Gasteiger partial charge in [0.05, 0.1) is 17.7 Å². The smallest absolute Gasteiger partial charge is 0.343 e. The highest BCUT2D eigenvalue weighted by Crippen LogP contribution is 2.26. The maximum atomic E-state index is 11.9. The molecule has 102 valence electrons. The van der Waals surface area contributed by atoms with Gasteiger partial charge in [-0.1, -0.05) is 11.6 Å². The van der Waals surface area contributed by atoms with Crippen LogP contribution in [0.25, 0.3) is 0 Å². The number of carbonyl (C=O) groups is 2. The summed E-state index contributed by atoms with van der Waals surface area (Å²) in [4.78, 5) is 22.5. The van der Waals surface area contributed by atoms with Crippen molar-refractivity contribution in [3.8, 4) is 11.5 Å². The molecule has 0 aromatic heterocycles. The Bertz CT molecular complexity index is 635. The molecule has 0 aliphatic rings. The molecule has 0 saturated heterocycles. The average molecular weight is 291 g/mol. The molecule has 5 heteroatoms. The van der Waals surface area contributed by atoms with Gasteiger partial charge >= 0.3 is 5.97 Å². The molecule has 0 atom stereocenters. The number of carbonyl (C=O) groups excluding carboxylic acids is 2. The van der Waals surface area contributed by atoms with Gasteiger partial charge in [-0.05, 0) is 42.5 Å². The highest BCUT2D eigenvalue weighted by molar-refractivity contribution is 6.32. The van der Waals surface area contributed by atoms with Gasteiger partial charge in [0.15, 0.2) is 0 Å². The van der Waals surface area contributed by atoms with E-state index in [4.69, 9.17) is 21.1 Å². The van der Waals surface area contributed by atoms with E-state index in [1.807, 2.05) is 0 Å². The molecule has 20 heavy (non-hydrogen) atoms. The lowest BCUT2D eigenvalue weighted by atomic mass is 10.2. The van der Waals surface area contributed by atoms with Crippen LogP contribution in [-0.4, -0.2) is 19.4 Å². The second-order valence-corrected chi connectivity index (χ2v) is 4.33. The maximum Gasteiger partial charge on any atom is 0.343 e. The first-order valence-electron chi connectivity index (χ1n) is 5.75. The molecule has 0 aliphatic heterocycles. The summed E-state index contributed by atoms with van der Waals surface area (Å²) in [6, 6.07) is 10.9. The molecule has 4 nitrogen and oxygen atoms in total. The van der Waals surface area contributed by atoms with Crippen LogP contribution in [-0.2, 0) is 0 Å². The molecule has 0 bridgehead atoms. The van der Waals surface area contributed by atoms with E-state index in [0.29, 0.717) is 23.2 Å². The van der Waals surface area contributed by atoms with Gasteiger partial charge in [0.1, 0.15) is 17.8 Å². The molecule has 0 aliphatic carbocycles. The summed E-state index contributed by atoms with van der Waals surface area (Å²) in [6.07, 6.45) is 0.668. The average Bonchev–Trinajstić information content (AvgIpc) is 2.49. The number of aldehydes is 1. The zero-order valence-corrected chi connectivity index (χ0v) is 11.4. The Kier molecular flexibility index (Phi) is 4.38. The third kappa shape index (κ3) is 3.16. The van der Waals surface area contributed by atoms with Crippen LogP contribution in [0, 0.1) is 0 Å². The van der Waals surface area contributed by atoms with Crippen LogP contribution in [0.3, 0.4) is 0 Å². The molecule has 0 saturated carbocycles. The largest absolute Gasteiger partial charge is 0.497 e. The predicted octanol–water partition coefficient (Wildman–Crippen LogP) is 3.38. The van der Waals surface area contributed by atoms with Crippen molar-refractivity contribution >= 4 is 23.9 Å². The van der Waals surface area contributed by atoms with Crippen molar-refractivity contribution in [2.45, 2.75) is 0 Å². The van der Waals surface area contributed by atoms with Gasteiger partial charge in [0, 0.05) is 5.56 Å². The Morgan fingerprint density at radius 3 is 2.40 bits per heavy atom. The number of halogens is 1. The monoisotopic (exact) mass is 290 g/mol. The van der Waals surface area contributed by atoms with Gasteiger partial charge < -0.3 is 9.47 Å². The SMILES string of the molecule is COc1ccc(C(=O)Oc2ccc(C=O)cc2Cl)cc1. The minimum atomic E-state index is -0.534. The first kappa shape index (κ1) is 14.1. The molecule has 0 heterocycles. The normalized spacial score (nSPS) is 9.90. The van der Waals surface area contributed by atoms with Crippen molar-refractivity contribution in [3.05, 3.63) is 58.6 Å². The van der Waals surface area contributed by atoms with Crippen molar-refractivity contribution in [1.82, 2.24) is 0 Å². The minimum Gasteiger partial charge on any atom is -0.497 e. The molecule has 0 N–H and O–H groups in total. The Balaban J connectivity index is 2.16. The molecular formula is C15H11ClO4. The van der Waals surface area contributed by atoms with E-state index < -0.39 is 5.97 Å². The maximum absolute atomic E-state index is 11.9. The Labute approximate surface area is 120 Å². The molecule has 2 aromatic carbocycles. The number of esters is 1. The molecule has 0 fully saturated rings. The summed E-state index contributed by atoms with van der Waals surface area (Å²) in [5, 5.41) is 0.205. The van der Waals surface area contributed by atoms with E-state index in [1.54, 1.807) is 31.4 Å². The first-order chi connectivity index (χ1) is 9.63. The van der Waals surface area contributed by atoms with Crippen molar-refractivity contribution in [2.75, 3.05) is 7.11 Å². The lowest BCUT2D eigenvalue weighted by Crippen LogP contribution is -2.08. The third-order valence-electron chi connectivity index (χ3n) is 2.62. The highest BCUT2D eigenvalue weighted by atomic mass is 35.5. The lowest BCUT2D eigenvalue weighted by Gasteiger charge is -2.07. The second kappa shape index (κ2) is 6.21. The zero-order valence-electron chi connectivity index (χ0n) is 10.6. The number of hydrogen-bond acceptors (Lipinski definition) is 4. The Hall–Kier alpha value is -2.33. The van der Waals surface area contributed by atoms with E-state index in [0.717, 1.165) is 0 Å². The van der Waals surface area contributed by atoms with Crippen LogP contribution in [0.5, 0.6) is 11.5 Å². The fraction of sp³-hybridized carbons (Fsp3) is 0.0667. The van der Waals surface area contributed by atoms with Gasteiger partial charge in [-0.25, -0.2) is 4.79 Å². The van der Waals surface area contributed by atoms with Gasteiger partial charge in [-0.15, -0.1) is 0 Å². The van der Waals surface area contributed by atoms with Crippen LogP contribution < -0.4 is 9.47 Å². The molecule has 0 unspecified atom stereocenters. The summed E-state index contributed by atoms with van der Waals surface area (Å²) in [5.41, 5.74) is 0.792. The standard InChI is InChI=1S/C15H11ClO4/c1-19-12-5-3-11(4-6-12)15(18)20-14-7-2-10(9-17)8-13(14)16/h2-9H,1H3. The summed E-state index contributed by atoms with van der Waals surface area (Å²) in [7, 11) is 1.54. The molecule has 2 rings (SSSR count). The number of hydrogen-bond donors (Lipinski definition) is 0. The molecule has 2 aromatic rings. The molecular weight excluding hydrogens is 280 g/mol. The van der Waals surface area contributed by atoms with E-state index >= 15 is 0 Å². The van der Waals surface area contributed by atoms with Crippen LogP contribution in [0.15, 0.2) is 42.5 Å². The fourth-order valence-corrected chi connectivity index (χ4v) is 1.79. The highest BCUT2D eigenvalue weighted by Gasteiger charge is 2.11. The number of ether oxygens (including phenoxy) is 2. The molecule has 0 amide bonds. The van der Waals surface area contributed by atoms with Crippen LogP contribution in [0.1, 0.15) is 20.7 Å². The van der Waals surface area contributed by atoms with Crippen LogP contribution >= 0.6 is 11.6 Å². The first-order valence-corrected chi connectivity index (χ1v) is 6.13. The van der Waals surface area contributed by atoms with Crippen LogP contribution in [0.4, 0.5) is 0 Å². The van der Waals surface area contributed by atoms with Crippen molar-refractivity contribution in [1.29, 1.82) is 0 Å². The Morgan fingerprint density at radius 1 is 1.15 bits per heavy atom. The van der Waals surface area contributed by atoms with E-state index in [2.05, 4.69) is 0 Å². The van der Waals surface area contributed by atoms with Crippen LogP contribution in [0.2, 0.25) is 5.02 Å². The number of benzene rings is 2. The van der Waals surface area contributed by atoms with Gasteiger partial charge in [0.2, 0.25) is 0 Å². The summed E-state index contributed by atoms with van der Waals surface area (Å²) >= 11 is 5.93. The minimum absolute atomic E-state index is 0.205. The lowest BCUT2D eigenvalue weighted by molar-refractivity contribution is 0.0735. The van der Waals surface area contributed by atoms with Crippen molar-refractivity contribution in [3.63, 3.8) is 0 Å². The van der Waals surface area contributed by atoms with Crippen molar-refractivity contribution in [2.24, 2.45) is 0 Å². The summed E-state index contributed by atoms with van der Waals surface area (Å²) < 4.78 is 10.2. The molecule has 0 radical (unpaired) electrons. The quantitative estimate of drug-likeness (QED) is 0.492. The fourth-order valence-electron chi connectivity index (χ4n) is 1.56. The number of methoxy groups -OCH3 is 1. The van der Waals surface area contributed by atoms with Crippen molar-refractivity contribution < 1.29 is 19.1 Å². The zero-order chi connectivity index (χ0) is 14.5. The molecule has 0 spiro atoms. The van der Waals surface area contributed by atoms with Gasteiger partial charge in [-0.3, -0.25) is 4.79 Å². The third-order valence-corrected chi connectivity index (χ3v) is 2.92. The van der Waals surface area contributed by atoms with E-state index in [1.165, 1.54) is 18.2 Å². The number of rotatable bonds is 4. The summed E-state index contributed by atoms with van der Waals surface area (Å²) in [5.74, 6) is 0.321.